The van der Waals surface area contributed by atoms with E-state index in [2.05, 4.69) is 10.1 Å². The first-order valence-electron chi connectivity index (χ1n) is 3.39. The van der Waals surface area contributed by atoms with Gasteiger partial charge in [-0.05, 0) is 6.92 Å². The molecule has 0 spiro atoms. The van der Waals surface area contributed by atoms with Crippen molar-refractivity contribution < 1.29 is 14.3 Å². The second kappa shape index (κ2) is 2.87. The second-order valence-corrected chi connectivity index (χ2v) is 2.26. The van der Waals surface area contributed by atoms with Gasteiger partial charge in [0.2, 0.25) is 5.91 Å². The Morgan fingerprint density at radius 2 is 2.45 bits per heavy atom. The van der Waals surface area contributed by atoms with Crippen LogP contribution in [0.4, 0.5) is 0 Å². The molecule has 1 saturated heterocycles. The van der Waals surface area contributed by atoms with Crippen LogP contribution in [0.5, 0.6) is 0 Å². The van der Waals surface area contributed by atoms with E-state index in [-0.39, 0.29) is 5.91 Å². The Bertz CT molecular complexity index is 192. The molecule has 1 rings (SSSR count). The SMILES string of the molecule is CCOC(=O)[C@@H]1NC(=O)[C@@H]1N. The van der Waals surface area contributed by atoms with Crippen molar-refractivity contribution in [2.45, 2.75) is 19.0 Å². The summed E-state index contributed by atoms with van der Waals surface area (Å²) in [7, 11) is 0. The van der Waals surface area contributed by atoms with Gasteiger partial charge in [-0.25, -0.2) is 4.79 Å². The normalized spacial score (nSPS) is 28.7. The van der Waals surface area contributed by atoms with Gasteiger partial charge in [-0.1, -0.05) is 0 Å². The molecule has 1 heterocycles. The fraction of sp³-hybridized carbons (Fsp3) is 0.667. The van der Waals surface area contributed by atoms with Gasteiger partial charge in [-0.15, -0.1) is 0 Å². The Morgan fingerprint density at radius 1 is 1.82 bits per heavy atom. The first-order valence-corrected chi connectivity index (χ1v) is 3.39. The maximum absolute atomic E-state index is 10.9. The van der Waals surface area contributed by atoms with Crippen LogP contribution in [0.25, 0.3) is 0 Å². The van der Waals surface area contributed by atoms with Gasteiger partial charge >= 0.3 is 5.97 Å². The van der Waals surface area contributed by atoms with Gasteiger partial charge in [0.1, 0.15) is 6.04 Å². The average molecular weight is 158 g/mol. The largest absolute Gasteiger partial charge is 0.464 e. The van der Waals surface area contributed by atoms with E-state index >= 15 is 0 Å². The van der Waals surface area contributed by atoms with Gasteiger partial charge < -0.3 is 15.8 Å². The molecule has 0 aliphatic carbocycles. The van der Waals surface area contributed by atoms with Crippen LogP contribution in [0.3, 0.4) is 0 Å². The number of ether oxygens (including phenoxy) is 1. The molecule has 62 valence electrons. The molecule has 2 atom stereocenters. The Kier molecular flexibility index (Phi) is 2.09. The van der Waals surface area contributed by atoms with Gasteiger partial charge in [0, 0.05) is 0 Å². The van der Waals surface area contributed by atoms with Crippen LogP contribution < -0.4 is 11.1 Å². The van der Waals surface area contributed by atoms with E-state index in [1.54, 1.807) is 6.92 Å². The summed E-state index contributed by atoms with van der Waals surface area (Å²) in [6, 6.07) is -1.36. The van der Waals surface area contributed by atoms with Crippen molar-refractivity contribution in [1.29, 1.82) is 0 Å². The van der Waals surface area contributed by atoms with Crippen molar-refractivity contribution in [3.8, 4) is 0 Å². The molecule has 1 amide bonds. The van der Waals surface area contributed by atoms with E-state index < -0.39 is 18.1 Å². The summed E-state index contributed by atoms with van der Waals surface area (Å²) in [5, 5.41) is 2.34. The Hall–Kier alpha value is -1.10. The monoisotopic (exact) mass is 158 g/mol. The summed E-state index contributed by atoms with van der Waals surface area (Å²) in [4.78, 5) is 21.4. The fourth-order valence-electron chi connectivity index (χ4n) is 0.832. The van der Waals surface area contributed by atoms with Crippen molar-refractivity contribution in [3.05, 3.63) is 0 Å². The molecule has 1 aliphatic rings. The highest BCUT2D eigenvalue weighted by molar-refractivity contribution is 5.99. The van der Waals surface area contributed by atoms with Gasteiger partial charge in [0.05, 0.1) is 6.61 Å². The zero-order valence-corrected chi connectivity index (χ0v) is 6.16. The first kappa shape index (κ1) is 8.00. The molecule has 0 aromatic heterocycles. The van der Waals surface area contributed by atoms with E-state index in [0.717, 1.165) is 0 Å². The van der Waals surface area contributed by atoms with Crippen LogP contribution in [-0.4, -0.2) is 30.6 Å². The zero-order chi connectivity index (χ0) is 8.43. The summed E-state index contributed by atoms with van der Waals surface area (Å²) in [6.07, 6.45) is 0. The van der Waals surface area contributed by atoms with Gasteiger partial charge in [-0.3, -0.25) is 4.79 Å². The predicted molar refractivity (Wildman–Crippen MR) is 36.5 cm³/mol. The molecular weight excluding hydrogens is 148 g/mol. The standard InChI is InChI=1S/C6H10N2O3/c1-2-11-6(10)4-3(7)5(9)8-4/h3-4H,2,7H2,1H3,(H,8,9)/t3-,4-/m1/s1. The van der Waals surface area contributed by atoms with E-state index in [0.29, 0.717) is 6.61 Å². The summed E-state index contributed by atoms with van der Waals surface area (Å²) in [5.74, 6) is -0.761. The van der Waals surface area contributed by atoms with Crippen LogP contribution in [0.1, 0.15) is 6.92 Å². The maximum Gasteiger partial charge on any atom is 0.330 e. The van der Waals surface area contributed by atoms with Gasteiger partial charge in [-0.2, -0.15) is 0 Å². The summed E-state index contributed by atoms with van der Waals surface area (Å²) >= 11 is 0. The second-order valence-electron chi connectivity index (χ2n) is 2.26. The molecule has 5 heteroatoms. The fourth-order valence-corrected chi connectivity index (χ4v) is 0.832. The minimum atomic E-state index is -0.728. The van der Waals surface area contributed by atoms with Crippen LogP contribution in [0, 0.1) is 0 Å². The molecule has 1 fully saturated rings. The molecule has 0 aromatic carbocycles. The average Bonchev–Trinajstić information content (AvgIpc) is 1.99. The summed E-state index contributed by atoms with van der Waals surface area (Å²) in [5.41, 5.74) is 5.28. The molecule has 1 aliphatic heterocycles. The number of carbonyl (C=O) groups excluding carboxylic acids is 2. The highest BCUT2D eigenvalue weighted by Crippen LogP contribution is 2.04. The molecule has 0 saturated carbocycles. The van der Waals surface area contributed by atoms with E-state index in [4.69, 9.17) is 5.73 Å². The number of nitrogens with two attached hydrogens (primary N) is 1. The Balaban J connectivity index is 2.39. The third kappa shape index (κ3) is 1.32. The smallest absolute Gasteiger partial charge is 0.330 e. The zero-order valence-electron chi connectivity index (χ0n) is 6.16. The van der Waals surface area contributed by atoms with Crippen LogP contribution in [-0.2, 0) is 14.3 Å². The summed E-state index contributed by atoms with van der Waals surface area (Å²) in [6.45, 7) is 2.00. The molecule has 3 N–H and O–H groups in total. The molecule has 0 unspecified atom stereocenters. The number of esters is 1. The molecule has 0 radical (unpaired) electrons. The maximum atomic E-state index is 10.9. The molecule has 11 heavy (non-hydrogen) atoms. The van der Waals surface area contributed by atoms with Crippen molar-refractivity contribution in [1.82, 2.24) is 5.32 Å². The quantitative estimate of drug-likeness (QED) is 0.373. The Morgan fingerprint density at radius 3 is 2.82 bits per heavy atom. The number of hydrogen-bond donors (Lipinski definition) is 2. The number of β-lactam (4-membered cyclic amide) rings is 1. The minimum Gasteiger partial charge on any atom is -0.464 e. The number of hydrogen-bond acceptors (Lipinski definition) is 4. The van der Waals surface area contributed by atoms with Crippen molar-refractivity contribution in [2.75, 3.05) is 6.61 Å². The van der Waals surface area contributed by atoms with Gasteiger partial charge in [0.25, 0.3) is 0 Å². The third-order valence-electron chi connectivity index (χ3n) is 1.50. The number of carbonyl (C=O) groups is 2. The lowest BCUT2D eigenvalue weighted by Crippen LogP contribution is -2.70. The van der Waals surface area contributed by atoms with E-state index in [1.807, 2.05) is 0 Å². The predicted octanol–water partition coefficient (Wildman–Crippen LogP) is -1.62. The van der Waals surface area contributed by atoms with Crippen molar-refractivity contribution >= 4 is 11.9 Å². The Labute approximate surface area is 63.9 Å². The topological polar surface area (TPSA) is 81.4 Å². The first-order chi connectivity index (χ1) is 5.16. The van der Waals surface area contributed by atoms with E-state index in [1.165, 1.54) is 0 Å². The lowest BCUT2D eigenvalue weighted by atomic mass is 10.0. The lowest BCUT2D eigenvalue weighted by molar-refractivity contribution is -0.154. The number of nitrogens with one attached hydrogen (secondary N) is 1. The van der Waals surface area contributed by atoms with Crippen LogP contribution >= 0.6 is 0 Å². The van der Waals surface area contributed by atoms with Crippen LogP contribution in [0.2, 0.25) is 0 Å². The van der Waals surface area contributed by atoms with Gasteiger partial charge in [0.15, 0.2) is 6.04 Å². The van der Waals surface area contributed by atoms with Crippen LogP contribution in [0.15, 0.2) is 0 Å². The minimum absolute atomic E-state index is 0.303. The molecular formula is C6H10N2O3. The highest BCUT2D eigenvalue weighted by Gasteiger charge is 2.42. The van der Waals surface area contributed by atoms with E-state index in [9.17, 15) is 9.59 Å². The highest BCUT2D eigenvalue weighted by atomic mass is 16.5. The third-order valence-corrected chi connectivity index (χ3v) is 1.50. The van der Waals surface area contributed by atoms with Crippen molar-refractivity contribution in [3.63, 3.8) is 0 Å². The molecule has 5 nitrogen and oxygen atoms in total. The molecule has 0 aromatic rings. The number of amides is 1. The lowest BCUT2D eigenvalue weighted by Gasteiger charge is -2.31. The number of rotatable bonds is 2. The molecule has 0 bridgehead atoms. The van der Waals surface area contributed by atoms with Crippen molar-refractivity contribution in [2.24, 2.45) is 5.73 Å². The summed E-state index contributed by atoms with van der Waals surface area (Å²) < 4.78 is 4.63.